The summed E-state index contributed by atoms with van der Waals surface area (Å²) in [5.41, 5.74) is 11.5. The van der Waals surface area contributed by atoms with Crippen LogP contribution < -0.4 is 11.1 Å². The monoisotopic (exact) mass is 548 g/mol. The van der Waals surface area contributed by atoms with Crippen molar-refractivity contribution >= 4 is 17.7 Å². The highest BCUT2D eigenvalue weighted by atomic mass is 19.4. The van der Waals surface area contributed by atoms with Crippen molar-refractivity contribution in [3.8, 4) is 0 Å². The van der Waals surface area contributed by atoms with Gasteiger partial charge in [0.2, 0.25) is 0 Å². The second-order valence-electron chi connectivity index (χ2n) is 8.99. The number of carbonyl (C=O) groups is 2. The number of Topliss-reactive ketones (excluding diaryl/α,β-unsaturated/α-hetero) is 1. The second-order valence-corrected chi connectivity index (χ2v) is 8.99. The minimum Gasteiger partial charge on any atom is -0.448 e. The van der Waals surface area contributed by atoms with Crippen LogP contribution in [0.3, 0.4) is 0 Å². The minimum atomic E-state index is -4.43. The summed E-state index contributed by atoms with van der Waals surface area (Å²) in [5, 5.41) is 23.5. The summed E-state index contributed by atoms with van der Waals surface area (Å²) in [6.45, 7) is 6.79. The summed E-state index contributed by atoms with van der Waals surface area (Å²) in [4.78, 5) is 21.8. The van der Waals surface area contributed by atoms with Crippen LogP contribution in [-0.2, 0) is 27.1 Å². The van der Waals surface area contributed by atoms with E-state index in [9.17, 15) is 22.8 Å². The molecule has 1 aromatic rings. The topological polar surface area (TPSA) is 174 Å². The fourth-order valence-electron chi connectivity index (χ4n) is 2.45. The van der Waals surface area contributed by atoms with Gasteiger partial charge in [-0.05, 0) is 51.3 Å². The molecule has 1 aromatic carbocycles. The van der Waals surface area contributed by atoms with Gasteiger partial charge in [-0.2, -0.15) is 18.7 Å². The smallest absolute Gasteiger partial charge is 0.416 e. The van der Waals surface area contributed by atoms with Gasteiger partial charge in [-0.25, -0.2) is 9.80 Å². The predicted octanol–water partition coefficient (Wildman–Crippen LogP) is 3.89. The molecule has 0 aliphatic rings. The van der Waals surface area contributed by atoms with Crippen molar-refractivity contribution in [2.45, 2.75) is 58.9 Å². The molecule has 0 aliphatic carbocycles. The molecule has 14 heteroatoms. The molecule has 11 nitrogen and oxygen atoms in total. The number of nitrogens with one attached hydrogen (secondary N) is 3. The Morgan fingerprint density at radius 3 is 2.42 bits per heavy atom. The molecule has 0 spiro atoms. The van der Waals surface area contributed by atoms with E-state index in [1.807, 2.05) is 0 Å². The molecule has 0 aromatic heterocycles. The third kappa shape index (κ3) is 15.2. The van der Waals surface area contributed by atoms with Gasteiger partial charge >= 0.3 is 12.3 Å². The molecule has 216 valence electrons. The normalized spacial score (nSPS) is 12.0. The van der Waals surface area contributed by atoms with Crippen LogP contribution in [0.5, 0.6) is 0 Å². The number of ketones is 1. The third-order valence-electron chi connectivity index (χ3n) is 5.05. The van der Waals surface area contributed by atoms with E-state index in [0.29, 0.717) is 24.9 Å². The number of nitrogens with zero attached hydrogens (tertiary/aromatic N) is 2. The zero-order valence-electron chi connectivity index (χ0n) is 22.2. The lowest BCUT2D eigenvalue weighted by Gasteiger charge is -2.22. The molecule has 6 N–H and O–H groups in total. The maximum absolute atomic E-state index is 12.7. The molecule has 1 atom stereocenters. The summed E-state index contributed by atoms with van der Waals surface area (Å²) in [5.74, 6) is -0.522. The number of aliphatic hydroxyl groups excluding tert-OH is 1. The number of unbranched alkanes of at least 4 members (excludes halogenated alkanes) is 1. The van der Waals surface area contributed by atoms with E-state index in [4.69, 9.17) is 31.3 Å². The van der Waals surface area contributed by atoms with Crippen LogP contribution in [0.25, 0.3) is 0 Å². The van der Waals surface area contributed by atoms with E-state index in [1.165, 1.54) is 19.1 Å². The number of hydrogen-bond acceptors (Lipinski definition) is 9. The van der Waals surface area contributed by atoms with E-state index >= 15 is 0 Å². The number of alkyl halides is 3. The molecule has 1 rings (SSSR count). The number of ether oxygens (including phenoxy) is 2. The maximum Gasteiger partial charge on any atom is 0.416 e. The van der Waals surface area contributed by atoms with Crippen LogP contribution in [0.1, 0.15) is 51.7 Å². The Kier molecular flexibility index (Phi) is 16.0. The average molecular weight is 549 g/mol. The van der Waals surface area contributed by atoms with Crippen molar-refractivity contribution in [1.29, 1.82) is 10.9 Å². The van der Waals surface area contributed by atoms with E-state index in [2.05, 4.69) is 10.5 Å². The number of carbonyl (C=O) groups excluding carboxylic acids is 2. The number of aliphatic hydroxyl groups is 1. The summed E-state index contributed by atoms with van der Waals surface area (Å²) < 4.78 is 48.6. The maximum atomic E-state index is 12.7. The Balaban J connectivity index is 0.00000171. The first kappa shape index (κ1) is 34.9. The number of hydrogen-bond donors (Lipinski definition) is 5. The molecular formula is C24H39F3N6O5. The number of halogens is 3. The van der Waals surface area contributed by atoms with Gasteiger partial charge in [-0.15, -0.1) is 0 Å². The summed E-state index contributed by atoms with van der Waals surface area (Å²) in [7, 11) is 0. The van der Waals surface area contributed by atoms with Crippen molar-refractivity contribution in [2.24, 2.45) is 16.9 Å². The van der Waals surface area contributed by atoms with E-state index < -0.39 is 29.3 Å². The van der Waals surface area contributed by atoms with Crippen molar-refractivity contribution in [3.63, 3.8) is 0 Å². The predicted molar refractivity (Wildman–Crippen MR) is 134 cm³/mol. The number of rotatable bonds is 14. The van der Waals surface area contributed by atoms with Gasteiger partial charge in [0.1, 0.15) is 18.2 Å². The molecule has 38 heavy (non-hydrogen) atoms. The lowest BCUT2D eigenvalue weighted by molar-refractivity contribution is -0.137. The number of benzene rings is 1. The molecule has 0 heterocycles. The Morgan fingerprint density at radius 1 is 1.26 bits per heavy atom. The minimum absolute atomic E-state index is 0.00956. The lowest BCUT2D eigenvalue weighted by Crippen LogP contribution is -2.39. The lowest BCUT2D eigenvalue weighted by atomic mass is 10.0. The molecule has 0 aliphatic heterocycles. The highest BCUT2D eigenvalue weighted by Gasteiger charge is 2.30. The molecule has 0 radical (unpaired) electrons. The third-order valence-corrected chi connectivity index (χ3v) is 5.05. The largest absolute Gasteiger partial charge is 0.448 e. The molecular weight excluding hydrogens is 509 g/mol. The van der Waals surface area contributed by atoms with Crippen LogP contribution in [0, 0.1) is 16.9 Å². The average Bonchev–Trinajstić information content (AvgIpc) is 2.83. The van der Waals surface area contributed by atoms with Crippen molar-refractivity contribution in [1.82, 2.24) is 10.3 Å². The number of amides is 1. The Morgan fingerprint density at radius 2 is 1.89 bits per heavy atom. The summed E-state index contributed by atoms with van der Waals surface area (Å²) in [6, 6.07) is 4.81. The summed E-state index contributed by atoms with van der Waals surface area (Å²) in [6.07, 6.45) is -3.90. The Labute approximate surface area is 220 Å². The van der Waals surface area contributed by atoms with E-state index in [1.54, 1.807) is 20.8 Å². The first-order valence-electron chi connectivity index (χ1n) is 11.9. The number of amidine groups is 1. The van der Waals surface area contributed by atoms with Gasteiger partial charge < -0.3 is 25.6 Å². The zero-order chi connectivity index (χ0) is 29.4. The first-order valence-corrected chi connectivity index (χ1v) is 11.9. The van der Waals surface area contributed by atoms with Gasteiger partial charge in [-0.1, -0.05) is 24.3 Å². The highest BCUT2D eigenvalue weighted by molar-refractivity contribution is 5.84. The fourth-order valence-corrected chi connectivity index (χ4v) is 2.45. The van der Waals surface area contributed by atoms with Crippen LogP contribution >= 0.6 is 0 Å². The van der Waals surface area contributed by atoms with Gasteiger partial charge in [0.25, 0.3) is 0 Å². The highest BCUT2D eigenvalue weighted by Crippen LogP contribution is 2.29. The van der Waals surface area contributed by atoms with Crippen molar-refractivity contribution in [3.05, 3.63) is 35.4 Å². The van der Waals surface area contributed by atoms with Crippen molar-refractivity contribution in [2.75, 3.05) is 32.9 Å². The molecule has 0 saturated heterocycles. The van der Waals surface area contributed by atoms with Gasteiger partial charge in [0, 0.05) is 19.1 Å². The quantitative estimate of drug-likeness (QED) is 0.0770. The molecule has 0 bridgehead atoms. The van der Waals surface area contributed by atoms with E-state index in [-0.39, 0.29) is 44.6 Å². The summed E-state index contributed by atoms with van der Waals surface area (Å²) >= 11 is 0. The van der Waals surface area contributed by atoms with Crippen LogP contribution in [0.15, 0.2) is 29.5 Å². The molecule has 1 amide bonds. The van der Waals surface area contributed by atoms with Crippen molar-refractivity contribution < 1.29 is 37.3 Å². The molecule has 0 fully saturated rings. The fraction of sp³-hybridized carbons (Fsp3) is 0.625. The molecule has 0 saturated carbocycles. The van der Waals surface area contributed by atoms with Crippen LogP contribution in [0.4, 0.5) is 18.0 Å². The number of alkyl carbamates (subject to hydrolysis) is 1. The first-order chi connectivity index (χ1) is 17.6. The van der Waals surface area contributed by atoms with Gasteiger partial charge in [0.15, 0.2) is 0 Å². The SMILES string of the molecule is CC(=O)C(C)(C)N.CC(COCc1cccc(C(F)(F)F)c1)C(=N)N(CCOC(=O)NCCCCO)N=N. The molecule has 1 unspecified atom stereocenters. The van der Waals surface area contributed by atoms with Crippen LogP contribution in [-0.4, -0.2) is 66.3 Å². The zero-order valence-corrected chi connectivity index (χ0v) is 22.2. The van der Waals surface area contributed by atoms with Gasteiger partial charge in [-0.3, -0.25) is 10.2 Å². The second kappa shape index (κ2) is 17.4. The Bertz CT molecular complexity index is 893. The van der Waals surface area contributed by atoms with Gasteiger partial charge in [0.05, 0.1) is 30.9 Å². The van der Waals surface area contributed by atoms with Crippen LogP contribution in [0.2, 0.25) is 0 Å². The number of nitrogens with two attached hydrogens (primary N) is 1. The standard InChI is InChI=1S/C19H28F3N5O4.C5H11NO/c1-14(12-30-13-15-5-4-6-16(11-15)19(20,21)22)17(23)27(26-24)8-10-31-18(29)25-7-2-3-9-28;1-4(7)5(2,3)6/h4-6,11,14,23-24,28H,2-3,7-10,12-13H2,1H3,(H,25,29);6H2,1-3H3. The Hall–Kier alpha value is -3.10. The van der Waals surface area contributed by atoms with E-state index in [0.717, 1.165) is 17.1 Å².